The molecule has 1 aromatic heterocycles. The predicted octanol–water partition coefficient (Wildman–Crippen LogP) is 3.03. The van der Waals surface area contributed by atoms with Gasteiger partial charge in [0.05, 0.1) is 6.04 Å². The summed E-state index contributed by atoms with van der Waals surface area (Å²) in [5.41, 5.74) is -0.424. The van der Waals surface area contributed by atoms with E-state index in [0.717, 1.165) is 6.54 Å². The summed E-state index contributed by atoms with van der Waals surface area (Å²) in [6.07, 6.45) is -0.400. The number of nitrogens with zero attached hydrogens (tertiary/aromatic N) is 4. The molecule has 2 saturated heterocycles. The van der Waals surface area contributed by atoms with Crippen LogP contribution in [0.15, 0.2) is 0 Å². The van der Waals surface area contributed by atoms with Crippen LogP contribution in [0.5, 0.6) is 5.75 Å². The van der Waals surface area contributed by atoms with E-state index < -0.39 is 11.7 Å². The van der Waals surface area contributed by atoms with Crippen molar-refractivity contribution >= 4 is 41.0 Å². The minimum Gasteiger partial charge on any atom is -0.489 e. The molecule has 182 valence electrons. The Morgan fingerprint density at radius 3 is 2.64 bits per heavy atom. The Kier molecular flexibility index (Phi) is 6.35. The van der Waals surface area contributed by atoms with E-state index in [4.69, 9.17) is 32.7 Å². The number of amides is 2. The highest BCUT2D eigenvalue weighted by molar-refractivity contribution is 6.42. The minimum atomic E-state index is -0.595. The maximum atomic E-state index is 13.8. The van der Waals surface area contributed by atoms with E-state index in [1.165, 1.54) is 0 Å². The molecule has 0 spiro atoms. The number of rotatable bonds is 1. The van der Waals surface area contributed by atoms with Gasteiger partial charge in [-0.05, 0) is 34.6 Å². The zero-order valence-electron chi connectivity index (χ0n) is 19.7. The minimum absolute atomic E-state index is 0.102. The molecule has 2 amide bonds. The van der Waals surface area contributed by atoms with Crippen LogP contribution in [0, 0.1) is 0 Å². The van der Waals surface area contributed by atoms with Crippen LogP contribution < -0.4 is 15.0 Å². The summed E-state index contributed by atoms with van der Waals surface area (Å²) >= 11 is 12.8. The zero-order valence-corrected chi connectivity index (χ0v) is 21.2. The van der Waals surface area contributed by atoms with E-state index in [9.17, 15) is 9.59 Å². The Bertz CT molecular complexity index is 965. The Balaban J connectivity index is 1.65. The van der Waals surface area contributed by atoms with Crippen LogP contribution in [0.2, 0.25) is 10.2 Å². The third-order valence-corrected chi connectivity index (χ3v) is 6.66. The second kappa shape index (κ2) is 8.67. The molecule has 0 aliphatic carbocycles. The number of ether oxygens (including phenoxy) is 2. The molecular weight excluding hydrogens is 469 g/mol. The van der Waals surface area contributed by atoms with E-state index in [1.54, 1.807) is 9.80 Å². The van der Waals surface area contributed by atoms with Crippen molar-refractivity contribution in [3.8, 4) is 5.75 Å². The van der Waals surface area contributed by atoms with Crippen LogP contribution in [0.4, 0.5) is 10.6 Å². The number of anilines is 1. The van der Waals surface area contributed by atoms with Gasteiger partial charge in [-0.25, -0.2) is 9.78 Å². The molecule has 0 saturated carbocycles. The third-order valence-electron chi connectivity index (χ3n) is 5.94. The number of halogens is 2. The summed E-state index contributed by atoms with van der Waals surface area (Å²) in [6.45, 7) is 13.0. The number of carbonyl (C=O) groups excluding carboxylic acids is 2. The van der Waals surface area contributed by atoms with Crippen molar-refractivity contribution in [3.05, 3.63) is 15.7 Å². The lowest BCUT2D eigenvalue weighted by Crippen LogP contribution is -2.59. The Morgan fingerprint density at radius 2 is 1.97 bits per heavy atom. The summed E-state index contributed by atoms with van der Waals surface area (Å²) in [5, 5.41) is 3.69. The smallest absolute Gasteiger partial charge is 0.410 e. The number of hydrogen-bond donors (Lipinski definition) is 1. The molecule has 11 heteroatoms. The number of pyridine rings is 1. The molecule has 33 heavy (non-hydrogen) atoms. The fraction of sp³-hybridized carbons (Fsp3) is 0.682. The Morgan fingerprint density at radius 1 is 1.24 bits per heavy atom. The van der Waals surface area contributed by atoms with Gasteiger partial charge >= 0.3 is 6.09 Å². The number of carbonyl (C=O) groups is 2. The van der Waals surface area contributed by atoms with Gasteiger partial charge in [0.25, 0.3) is 5.91 Å². The molecule has 4 heterocycles. The lowest BCUT2D eigenvalue weighted by Gasteiger charge is -2.41. The largest absolute Gasteiger partial charge is 0.489 e. The summed E-state index contributed by atoms with van der Waals surface area (Å²) in [4.78, 5) is 36.3. The first-order valence-electron chi connectivity index (χ1n) is 11.2. The first kappa shape index (κ1) is 24.2. The summed E-state index contributed by atoms with van der Waals surface area (Å²) in [5.74, 6) is 0.522. The average molecular weight is 500 g/mol. The van der Waals surface area contributed by atoms with Crippen LogP contribution >= 0.6 is 23.2 Å². The van der Waals surface area contributed by atoms with Gasteiger partial charge in [-0.3, -0.25) is 4.79 Å². The van der Waals surface area contributed by atoms with Gasteiger partial charge in [0.2, 0.25) is 0 Å². The standard InChI is InChI=1S/C22H31Cl2N5O4/c1-21(2,3)33-20(31)27-8-9-29-13(10-27)11-32-16-14(19(29)30)18(26-17(24)15(16)23)28-7-6-25-22(4,5)12-28/h13,25H,6-12H2,1-5H3/t13-/m1/s1. The number of piperazine rings is 2. The molecule has 3 aliphatic rings. The molecule has 0 bridgehead atoms. The lowest BCUT2D eigenvalue weighted by atomic mass is 10.0. The van der Waals surface area contributed by atoms with Gasteiger partial charge in [-0.15, -0.1) is 0 Å². The zero-order chi connectivity index (χ0) is 24.1. The number of aromatic nitrogens is 1. The van der Waals surface area contributed by atoms with E-state index in [2.05, 4.69) is 29.0 Å². The fourth-order valence-electron chi connectivity index (χ4n) is 4.46. The van der Waals surface area contributed by atoms with Gasteiger partial charge in [0.1, 0.15) is 28.6 Å². The van der Waals surface area contributed by atoms with Gasteiger partial charge in [0, 0.05) is 44.8 Å². The summed E-state index contributed by atoms with van der Waals surface area (Å²) in [7, 11) is 0. The van der Waals surface area contributed by atoms with Crippen molar-refractivity contribution in [3.63, 3.8) is 0 Å². The molecule has 1 aromatic rings. The van der Waals surface area contributed by atoms with Gasteiger partial charge in [-0.2, -0.15) is 0 Å². The second-order valence-electron chi connectivity index (χ2n) is 10.4. The Labute approximate surface area is 204 Å². The first-order chi connectivity index (χ1) is 15.4. The second-order valence-corrected chi connectivity index (χ2v) is 11.1. The molecule has 0 radical (unpaired) electrons. The third kappa shape index (κ3) is 4.95. The van der Waals surface area contributed by atoms with Crippen molar-refractivity contribution < 1.29 is 19.1 Å². The maximum absolute atomic E-state index is 13.8. The van der Waals surface area contributed by atoms with Crippen molar-refractivity contribution in [2.24, 2.45) is 0 Å². The van der Waals surface area contributed by atoms with Gasteiger partial charge in [-0.1, -0.05) is 23.2 Å². The lowest BCUT2D eigenvalue weighted by molar-refractivity contribution is 0.000955. The first-order valence-corrected chi connectivity index (χ1v) is 11.9. The number of nitrogens with one attached hydrogen (secondary N) is 1. The van der Waals surface area contributed by atoms with Crippen molar-refractivity contribution in [1.82, 2.24) is 20.1 Å². The molecule has 2 fully saturated rings. The summed E-state index contributed by atoms with van der Waals surface area (Å²) < 4.78 is 11.6. The molecule has 9 nitrogen and oxygen atoms in total. The number of hydrogen-bond acceptors (Lipinski definition) is 7. The topological polar surface area (TPSA) is 87.2 Å². The van der Waals surface area contributed by atoms with Gasteiger partial charge in [0.15, 0.2) is 10.9 Å². The molecule has 0 unspecified atom stereocenters. The maximum Gasteiger partial charge on any atom is 0.410 e. The molecule has 4 rings (SSSR count). The molecule has 1 atom stereocenters. The van der Waals surface area contributed by atoms with E-state index in [1.807, 2.05) is 20.8 Å². The predicted molar refractivity (Wildman–Crippen MR) is 127 cm³/mol. The van der Waals surface area contributed by atoms with Crippen molar-refractivity contribution in [2.75, 3.05) is 50.8 Å². The SMILES string of the molecule is CC1(C)CN(c2nc(Cl)c(Cl)c3c2C(=O)N2CCN(C(=O)OC(C)(C)C)C[C@@H]2CO3)CCN1. The van der Waals surface area contributed by atoms with Crippen molar-refractivity contribution in [2.45, 2.75) is 51.8 Å². The van der Waals surface area contributed by atoms with Crippen LogP contribution in [0.1, 0.15) is 45.0 Å². The van der Waals surface area contributed by atoms with E-state index in [0.29, 0.717) is 44.1 Å². The highest BCUT2D eigenvalue weighted by Crippen LogP contribution is 2.42. The molecule has 3 aliphatic heterocycles. The van der Waals surface area contributed by atoms with Crippen LogP contribution in [0.3, 0.4) is 0 Å². The highest BCUT2D eigenvalue weighted by atomic mass is 35.5. The van der Waals surface area contributed by atoms with E-state index >= 15 is 0 Å². The molecular formula is C22H31Cl2N5O4. The average Bonchev–Trinajstić information content (AvgIpc) is 2.85. The molecule has 1 N–H and O–H groups in total. The highest BCUT2D eigenvalue weighted by Gasteiger charge is 2.42. The van der Waals surface area contributed by atoms with Gasteiger partial charge < -0.3 is 29.5 Å². The van der Waals surface area contributed by atoms with Crippen LogP contribution in [-0.2, 0) is 4.74 Å². The van der Waals surface area contributed by atoms with E-state index in [-0.39, 0.29) is 40.0 Å². The van der Waals surface area contributed by atoms with Crippen LogP contribution in [-0.4, -0.2) is 89.8 Å². The quantitative estimate of drug-likeness (QED) is 0.594. The number of fused-ring (bicyclic) bond motifs is 2. The monoisotopic (exact) mass is 499 g/mol. The molecule has 0 aromatic carbocycles. The summed E-state index contributed by atoms with van der Waals surface area (Å²) in [6, 6.07) is -0.340. The fourth-order valence-corrected chi connectivity index (χ4v) is 4.82. The van der Waals surface area contributed by atoms with Crippen LogP contribution in [0.25, 0.3) is 0 Å². The normalized spacial score (nSPS) is 22.8. The Hall–Kier alpha value is -1.97. The van der Waals surface area contributed by atoms with Crippen molar-refractivity contribution in [1.29, 1.82) is 0 Å².